The van der Waals surface area contributed by atoms with Gasteiger partial charge in [0.15, 0.2) is 0 Å². The average molecular weight is 226 g/mol. The van der Waals surface area contributed by atoms with Crippen LogP contribution in [0.5, 0.6) is 0 Å². The zero-order valence-corrected chi connectivity index (χ0v) is 10.1. The first-order chi connectivity index (χ1) is 8.07. The molecule has 0 aromatic heterocycles. The molecule has 2 aromatic carbocycles. The van der Waals surface area contributed by atoms with E-state index in [1.54, 1.807) is 0 Å². The van der Waals surface area contributed by atoms with E-state index in [-0.39, 0.29) is 0 Å². The van der Waals surface area contributed by atoms with E-state index in [4.69, 9.17) is 11.5 Å². The van der Waals surface area contributed by atoms with E-state index in [1.165, 1.54) is 11.1 Å². The predicted molar refractivity (Wildman–Crippen MR) is 71.4 cm³/mol. The molecule has 0 amide bonds. The van der Waals surface area contributed by atoms with Crippen LogP contribution in [0.25, 0.3) is 0 Å². The third kappa shape index (κ3) is 2.93. The monoisotopic (exact) mass is 226 g/mol. The predicted octanol–water partition coefficient (Wildman–Crippen LogP) is 2.37. The fourth-order valence-electron chi connectivity index (χ4n) is 2.02. The van der Waals surface area contributed by atoms with Gasteiger partial charge in [-0.1, -0.05) is 54.6 Å². The van der Waals surface area contributed by atoms with Crippen molar-refractivity contribution in [3.8, 4) is 0 Å². The summed E-state index contributed by atoms with van der Waals surface area (Å²) in [5, 5.41) is 0. The van der Waals surface area contributed by atoms with Crippen LogP contribution in [0.2, 0.25) is 0 Å². The maximum Gasteiger partial charge on any atom is 0.0873 e. The number of nitrogens with two attached hydrogens (primary N) is 2. The Morgan fingerprint density at radius 3 is 2.12 bits per heavy atom. The maximum atomic E-state index is 5.99. The molecule has 0 saturated carbocycles. The maximum absolute atomic E-state index is 5.99. The van der Waals surface area contributed by atoms with E-state index in [0.29, 0.717) is 0 Å². The van der Waals surface area contributed by atoms with Crippen molar-refractivity contribution in [2.75, 3.05) is 0 Å². The minimum Gasteiger partial charge on any atom is -0.310 e. The van der Waals surface area contributed by atoms with Gasteiger partial charge in [-0.15, -0.1) is 0 Å². The Morgan fingerprint density at radius 1 is 0.882 bits per heavy atom. The van der Waals surface area contributed by atoms with E-state index in [9.17, 15) is 0 Å². The smallest absolute Gasteiger partial charge is 0.0873 e. The van der Waals surface area contributed by atoms with Crippen LogP contribution in [-0.4, -0.2) is 0 Å². The quantitative estimate of drug-likeness (QED) is 0.789. The zero-order chi connectivity index (χ0) is 12.3. The lowest BCUT2D eigenvalue weighted by molar-refractivity contribution is 0.516. The molecule has 0 spiro atoms. The lowest BCUT2D eigenvalue weighted by atomic mass is 9.93. The van der Waals surface area contributed by atoms with Gasteiger partial charge in [-0.25, -0.2) is 0 Å². The Hall–Kier alpha value is -1.64. The highest BCUT2D eigenvalue weighted by molar-refractivity contribution is 5.36. The van der Waals surface area contributed by atoms with Gasteiger partial charge in [-0.05, 0) is 30.0 Å². The van der Waals surface area contributed by atoms with Crippen molar-refractivity contribution in [3.63, 3.8) is 0 Å². The molecule has 0 fully saturated rings. The van der Waals surface area contributed by atoms with E-state index < -0.39 is 5.66 Å². The molecule has 2 nitrogen and oxygen atoms in total. The topological polar surface area (TPSA) is 52.0 Å². The van der Waals surface area contributed by atoms with Gasteiger partial charge in [0.2, 0.25) is 0 Å². The molecule has 2 heteroatoms. The molecule has 0 heterocycles. The van der Waals surface area contributed by atoms with Crippen molar-refractivity contribution in [1.82, 2.24) is 0 Å². The second-order valence-electron chi connectivity index (χ2n) is 4.60. The van der Waals surface area contributed by atoms with Crippen LogP contribution in [0.3, 0.4) is 0 Å². The van der Waals surface area contributed by atoms with Crippen molar-refractivity contribution >= 4 is 0 Å². The number of hydrogen-bond acceptors (Lipinski definition) is 2. The Kier molecular flexibility index (Phi) is 3.27. The number of rotatable bonds is 3. The molecule has 0 bridgehead atoms. The minimum absolute atomic E-state index is 0.786. The summed E-state index contributed by atoms with van der Waals surface area (Å²) in [6.07, 6.45) is 0.862. The molecule has 17 heavy (non-hydrogen) atoms. The average Bonchev–Trinajstić information content (AvgIpc) is 2.30. The highest BCUT2D eigenvalue weighted by Crippen LogP contribution is 2.20. The molecule has 88 valence electrons. The molecule has 4 N–H and O–H groups in total. The summed E-state index contributed by atoms with van der Waals surface area (Å²) in [5.41, 5.74) is 14.6. The van der Waals surface area contributed by atoms with Crippen molar-refractivity contribution < 1.29 is 0 Å². The Labute approximate surface area is 102 Å². The van der Waals surface area contributed by atoms with Gasteiger partial charge < -0.3 is 11.5 Å². The second kappa shape index (κ2) is 4.70. The summed E-state index contributed by atoms with van der Waals surface area (Å²) >= 11 is 0. The van der Waals surface area contributed by atoms with Gasteiger partial charge in [0.05, 0.1) is 5.66 Å². The van der Waals surface area contributed by atoms with Crippen molar-refractivity contribution in [2.24, 2.45) is 11.5 Å². The van der Waals surface area contributed by atoms with Crippen molar-refractivity contribution in [2.45, 2.75) is 19.0 Å². The van der Waals surface area contributed by atoms with Gasteiger partial charge in [0.1, 0.15) is 0 Å². The van der Waals surface area contributed by atoms with E-state index >= 15 is 0 Å². The van der Waals surface area contributed by atoms with Crippen LogP contribution in [-0.2, 0) is 12.1 Å². The zero-order valence-electron chi connectivity index (χ0n) is 10.1. The molecule has 0 unspecified atom stereocenters. The molecule has 2 aromatic rings. The van der Waals surface area contributed by atoms with Crippen molar-refractivity contribution in [3.05, 3.63) is 71.3 Å². The van der Waals surface area contributed by atoms with Gasteiger partial charge in [0, 0.05) is 0 Å². The van der Waals surface area contributed by atoms with Crippen LogP contribution in [0.1, 0.15) is 23.6 Å². The first-order valence-electron chi connectivity index (χ1n) is 5.77. The fourth-order valence-corrected chi connectivity index (χ4v) is 2.02. The lowest BCUT2D eigenvalue weighted by Crippen LogP contribution is -2.43. The summed E-state index contributed by atoms with van der Waals surface area (Å²) in [6.45, 7) is 1.83. The minimum atomic E-state index is -0.786. The van der Waals surface area contributed by atoms with Crippen LogP contribution < -0.4 is 11.5 Å². The highest BCUT2D eigenvalue weighted by atomic mass is 14.9. The lowest BCUT2D eigenvalue weighted by Gasteiger charge is -2.22. The highest BCUT2D eigenvalue weighted by Gasteiger charge is 2.18. The van der Waals surface area contributed by atoms with Gasteiger partial charge in [-0.2, -0.15) is 0 Å². The third-order valence-electron chi connectivity index (χ3n) is 2.84. The first kappa shape index (κ1) is 11.8. The summed E-state index contributed by atoms with van der Waals surface area (Å²) < 4.78 is 0. The van der Waals surface area contributed by atoms with E-state index in [1.807, 2.05) is 43.3 Å². The fraction of sp³-hybridized carbons (Fsp3) is 0.200. The third-order valence-corrected chi connectivity index (χ3v) is 2.84. The molecule has 0 saturated heterocycles. The van der Waals surface area contributed by atoms with Crippen LogP contribution in [0, 0.1) is 0 Å². The standard InChI is InChI=1S/C15H18N2/c1-15(16,17)14-10-6-5-9-13(14)11-12-7-3-2-4-8-12/h2-10H,11,16-17H2,1H3. The largest absolute Gasteiger partial charge is 0.310 e. The molecule has 2 rings (SSSR count). The SMILES string of the molecule is CC(N)(N)c1ccccc1Cc1ccccc1. The molecular formula is C15H18N2. The van der Waals surface area contributed by atoms with Crippen LogP contribution in [0.15, 0.2) is 54.6 Å². The number of hydrogen-bond donors (Lipinski definition) is 2. The van der Waals surface area contributed by atoms with E-state index in [0.717, 1.165) is 12.0 Å². The summed E-state index contributed by atoms with van der Waals surface area (Å²) in [4.78, 5) is 0. The molecular weight excluding hydrogens is 208 g/mol. The molecule has 0 radical (unpaired) electrons. The first-order valence-corrected chi connectivity index (χ1v) is 5.77. The van der Waals surface area contributed by atoms with Gasteiger partial charge in [0.25, 0.3) is 0 Å². The van der Waals surface area contributed by atoms with E-state index in [2.05, 4.69) is 18.2 Å². The Balaban J connectivity index is 2.34. The van der Waals surface area contributed by atoms with Gasteiger partial charge >= 0.3 is 0 Å². The van der Waals surface area contributed by atoms with Crippen molar-refractivity contribution in [1.29, 1.82) is 0 Å². The van der Waals surface area contributed by atoms with Gasteiger partial charge in [-0.3, -0.25) is 0 Å². The summed E-state index contributed by atoms with van der Waals surface area (Å²) in [7, 11) is 0. The van der Waals surface area contributed by atoms with Crippen LogP contribution in [0.4, 0.5) is 0 Å². The molecule has 0 atom stereocenters. The summed E-state index contributed by atoms with van der Waals surface area (Å²) in [5.74, 6) is 0. The number of benzene rings is 2. The Morgan fingerprint density at radius 2 is 1.47 bits per heavy atom. The second-order valence-corrected chi connectivity index (χ2v) is 4.60. The molecule has 0 aliphatic heterocycles. The molecule has 0 aliphatic carbocycles. The normalized spacial score (nSPS) is 11.5. The van der Waals surface area contributed by atoms with Crippen LogP contribution >= 0.6 is 0 Å². The molecule has 0 aliphatic rings. The summed E-state index contributed by atoms with van der Waals surface area (Å²) in [6, 6.07) is 18.4. The Bertz CT molecular complexity index is 484.